The quantitative estimate of drug-likeness (QED) is 0.563. The summed E-state index contributed by atoms with van der Waals surface area (Å²) in [6, 6.07) is 2.71. The number of alkyl halides is 2. The lowest BCUT2D eigenvalue weighted by Gasteiger charge is -2.24. The number of aromatic nitrogens is 3. The first-order chi connectivity index (χ1) is 15.1. The Morgan fingerprint density at radius 3 is 2.81 bits per heavy atom. The number of nitrogens with one attached hydrogen (secondary N) is 1. The number of pyridine rings is 1. The minimum absolute atomic E-state index is 0.00421. The molecule has 3 rings (SSSR count). The molecule has 0 radical (unpaired) electrons. The molecule has 11 heteroatoms. The van der Waals surface area contributed by atoms with Gasteiger partial charge in [-0.2, -0.15) is 0 Å². The highest BCUT2D eigenvalue weighted by Crippen LogP contribution is 2.32. The Hall–Kier alpha value is -3.21. The minimum Gasteiger partial charge on any atom is -0.470 e. The second-order valence-electron chi connectivity index (χ2n) is 7.74. The third-order valence-electron chi connectivity index (χ3n) is 5.03. The Morgan fingerprint density at radius 2 is 2.16 bits per heavy atom. The van der Waals surface area contributed by atoms with Gasteiger partial charge in [0.15, 0.2) is 6.61 Å². The van der Waals surface area contributed by atoms with Gasteiger partial charge in [0.25, 0.3) is 17.7 Å². The summed E-state index contributed by atoms with van der Waals surface area (Å²) in [4.78, 5) is 31.1. The highest BCUT2D eigenvalue weighted by molar-refractivity contribution is 6.03. The van der Waals surface area contributed by atoms with E-state index in [0.717, 1.165) is 6.92 Å². The summed E-state index contributed by atoms with van der Waals surface area (Å²) in [7, 11) is 0. The predicted octanol–water partition coefficient (Wildman–Crippen LogP) is 2.04. The van der Waals surface area contributed by atoms with E-state index in [-0.39, 0.29) is 30.6 Å². The first-order valence-corrected chi connectivity index (χ1v) is 10.1. The lowest BCUT2D eigenvalue weighted by atomic mass is 10.1. The fourth-order valence-electron chi connectivity index (χ4n) is 3.32. The second kappa shape index (κ2) is 9.51. The number of ether oxygens (including phenoxy) is 1. The molecule has 0 aliphatic carbocycles. The molecule has 2 N–H and O–H groups in total. The maximum atomic E-state index is 13.0. The molecule has 0 aromatic carbocycles. The molecule has 32 heavy (non-hydrogen) atoms. The van der Waals surface area contributed by atoms with Crippen LogP contribution in [0.25, 0.3) is 0 Å². The van der Waals surface area contributed by atoms with Crippen LogP contribution in [0.3, 0.4) is 0 Å². The van der Waals surface area contributed by atoms with Crippen LogP contribution in [-0.2, 0) is 6.54 Å². The van der Waals surface area contributed by atoms with Gasteiger partial charge in [0, 0.05) is 49.5 Å². The molecular weight excluding hydrogens is 424 g/mol. The van der Waals surface area contributed by atoms with E-state index in [1.54, 1.807) is 30.9 Å². The molecule has 2 aromatic heterocycles. The molecule has 0 bridgehead atoms. The Bertz CT molecular complexity index is 1010. The normalized spacial score (nSPS) is 14.3. The summed E-state index contributed by atoms with van der Waals surface area (Å²) in [5, 5.41) is 19.5. The van der Waals surface area contributed by atoms with Crippen LogP contribution in [0.1, 0.15) is 64.0 Å². The maximum Gasteiger partial charge on any atom is 0.278 e. The summed E-state index contributed by atoms with van der Waals surface area (Å²) in [6.07, 6.45) is 1.82. The van der Waals surface area contributed by atoms with Gasteiger partial charge in [-0.3, -0.25) is 14.6 Å². The SMILES string of the molecule is Cc1cc(C(C)N2Cc3c(ccnc3C(=O)NCCCO)C2=O)nnc1OCC(C)(F)F. The number of carbonyl (C=O) groups excluding carboxylic acids is 2. The molecule has 0 fully saturated rings. The fraction of sp³-hybridized carbons (Fsp3) is 0.476. The smallest absolute Gasteiger partial charge is 0.278 e. The number of aliphatic hydroxyl groups excluding tert-OH is 1. The van der Waals surface area contributed by atoms with E-state index >= 15 is 0 Å². The van der Waals surface area contributed by atoms with Crippen molar-refractivity contribution in [3.05, 3.63) is 46.4 Å². The van der Waals surface area contributed by atoms with Crippen molar-refractivity contribution in [2.75, 3.05) is 19.8 Å². The molecule has 9 nitrogen and oxygen atoms in total. The molecule has 0 saturated carbocycles. The van der Waals surface area contributed by atoms with Crippen LogP contribution in [0.2, 0.25) is 0 Å². The molecule has 1 unspecified atom stereocenters. The van der Waals surface area contributed by atoms with Crippen molar-refractivity contribution in [3.63, 3.8) is 0 Å². The topological polar surface area (TPSA) is 118 Å². The first kappa shape index (κ1) is 23.5. The van der Waals surface area contributed by atoms with E-state index < -0.39 is 24.5 Å². The average molecular weight is 449 g/mol. The Labute approximate surface area is 183 Å². The van der Waals surface area contributed by atoms with Crippen molar-refractivity contribution in [1.82, 2.24) is 25.4 Å². The van der Waals surface area contributed by atoms with Gasteiger partial charge in [0.05, 0.1) is 11.7 Å². The molecule has 3 heterocycles. The van der Waals surface area contributed by atoms with Crippen molar-refractivity contribution in [2.24, 2.45) is 0 Å². The number of carbonyl (C=O) groups is 2. The van der Waals surface area contributed by atoms with E-state index in [4.69, 9.17) is 9.84 Å². The fourth-order valence-corrected chi connectivity index (χ4v) is 3.32. The van der Waals surface area contributed by atoms with Crippen LogP contribution in [0, 0.1) is 6.92 Å². The van der Waals surface area contributed by atoms with Gasteiger partial charge in [-0.05, 0) is 32.4 Å². The van der Waals surface area contributed by atoms with Gasteiger partial charge in [-0.15, -0.1) is 10.2 Å². The van der Waals surface area contributed by atoms with Crippen LogP contribution >= 0.6 is 0 Å². The van der Waals surface area contributed by atoms with Crippen molar-refractivity contribution in [1.29, 1.82) is 0 Å². The second-order valence-corrected chi connectivity index (χ2v) is 7.74. The van der Waals surface area contributed by atoms with Crippen LogP contribution in [0.5, 0.6) is 5.88 Å². The third-order valence-corrected chi connectivity index (χ3v) is 5.03. The number of halogens is 2. The zero-order valence-corrected chi connectivity index (χ0v) is 18.1. The summed E-state index contributed by atoms with van der Waals surface area (Å²) in [5.74, 6) is -3.68. The monoisotopic (exact) mass is 449 g/mol. The number of hydrogen-bond donors (Lipinski definition) is 2. The van der Waals surface area contributed by atoms with Gasteiger partial charge < -0.3 is 20.1 Å². The van der Waals surface area contributed by atoms with Crippen LogP contribution in [0.4, 0.5) is 8.78 Å². The van der Waals surface area contributed by atoms with Crippen molar-refractivity contribution in [3.8, 4) is 5.88 Å². The van der Waals surface area contributed by atoms with Crippen molar-refractivity contribution in [2.45, 2.75) is 45.7 Å². The molecular formula is C21H25F2N5O4. The lowest BCUT2D eigenvalue weighted by Crippen LogP contribution is -2.29. The van der Waals surface area contributed by atoms with E-state index in [2.05, 4.69) is 20.5 Å². The van der Waals surface area contributed by atoms with Gasteiger partial charge in [0.2, 0.25) is 5.88 Å². The Morgan fingerprint density at radius 1 is 1.41 bits per heavy atom. The number of aliphatic hydroxyl groups is 1. The first-order valence-electron chi connectivity index (χ1n) is 10.1. The standard InChI is InChI=1S/C21H25F2N5O4/c1-12-9-16(26-27-19(12)32-11-21(3,22)23)13(2)28-10-15-14(20(28)31)5-7-24-17(15)18(30)25-6-4-8-29/h5,7,9,13,29H,4,6,8,10-11H2,1-3H3,(H,25,30). The van der Waals surface area contributed by atoms with E-state index in [9.17, 15) is 18.4 Å². The molecule has 0 saturated heterocycles. The van der Waals surface area contributed by atoms with Crippen molar-refractivity contribution >= 4 is 11.8 Å². The molecule has 1 aliphatic rings. The molecule has 172 valence electrons. The van der Waals surface area contributed by atoms with Gasteiger partial charge in [0.1, 0.15) is 5.69 Å². The third kappa shape index (κ3) is 5.16. The summed E-state index contributed by atoms with van der Waals surface area (Å²) in [6.45, 7) is 3.77. The van der Waals surface area contributed by atoms with Gasteiger partial charge in [-0.1, -0.05) is 0 Å². The average Bonchev–Trinajstić information content (AvgIpc) is 3.08. The largest absolute Gasteiger partial charge is 0.470 e. The summed E-state index contributed by atoms with van der Waals surface area (Å²) < 4.78 is 31.1. The molecule has 2 aromatic rings. The lowest BCUT2D eigenvalue weighted by molar-refractivity contribution is -0.0247. The van der Waals surface area contributed by atoms with Crippen LogP contribution in [0.15, 0.2) is 18.3 Å². The van der Waals surface area contributed by atoms with Crippen LogP contribution in [-0.4, -0.2) is 62.7 Å². The zero-order chi connectivity index (χ0) is 23.5. The van der Waals surface area contributed by atoms with Crippen LogP contribution < -0.4 is 10.1 Å². The van der Waals surface area contributed by atoms with E-state index in [0.29, 0.717) is 35.3 Å². The van der Waals surface area contributed by atoms with E-state index in [1.165, 1.54) is 6.20 Å². The molecule has 2 amide bonds. The molecule has 1 atom stereocenters. The number of hydrogen-bond acceptors (Lipinski definition) is 7. The number of fused-ring (bicyclic) bond motifs is 1. The number of aryl methyl sites for hydroxylation is 1. The van der Waals surface area contributed by atoms with Gasteiger partial charge >= 0.3 is 0 Å². The minimum atomic E-state index is -3.00. The van der Waals surface area contributed by atoms with Crippen molar-refractivity contribution < 1.29 is 28.2 Å². The highest BCUT2D eigenvalue weighted by atomic mass is 19.3. The number of nitrogens with zero attached hydrogens (tertiary/aromatic N) is 4. The summed E-state index contributed by atoms with van der Waals surface area (Å²) in [5.41, 5.74) is 2.03. The molecule has 0 spiro atoms. The predicted molar refractivity (Wildman–Crippen MR) is 109 cm³/mol. The Balaban J connectivity index is 1.77. The number of amides is 2. The zero-order valence-electron chi connectivity index (χ0n) is 18.1. The molecule has 1 aliphatic heterocycles. The summed E-state index contributed by atoms with van der Waals surface area (Å²) >= 11 is 0. The van der Waals surface area contributed by atoms with E-state index in [1.807, 2.05) is 0 Å². The Kier molecular flexibility index (Phi) is 6.97. The highest BCUT2D eigenvalue weighted by Gasteiger charge is 2.35. The maximum absolute atomic E-state index is 13.0. The van der Waals surface area contributed by atoms with Gasteiger partial charge in [-0.25, -0.2) is 8.78 Å². The number of rotatable bonds is 9.